The molecular formula is C14H18N2O4S. The van der Waals surface area contributed by atoms with Gasteiger partial charge < -0.3 is 4.74 Å². The third-order valence-electron chi connectivity index (χ3n) is 2.17. The van der Waals surface area contributed by atoms with Crippen molar-refractivity contribution in [2.45, 2.75) is 31.3 Å². The summed E-state index contributed by atoms with van der Waals surface area (Å²) in [7, 11) is -3.63. The molecule has 0 aliphatic rings. The molecule has 0 radical (unpaired) electrons. The molecule has 0 saturated carbocycles. The van der Waals surface area contributed by atoms with Gasteiger partial charge in [0.1, 0.15) is 5.60 Å². The van der Waals surface area contributed by atoms with Crippen molar-refractivity contribution in [2.75, 3.05) is 11.9 Å². The van der Waals surface area contributed by atoms with Crippen LogP contribution in [0.25, 0.3) is 0 Å². The molecule has 0 unspecified atom stereocenters. The first-order valence-electron chi connectivity index (χ1n) is 6.17. The molecule has 7 heteroatoms. The van der Waals surface area contributed by atoms with Gasteiger partial charge in [-0.05, 0) is 45.0 Å². The minimum absolute atomic E-state index is 0.0625. The topological polar surface area (TPSA) is 84.5 Å². The van der Waals surface area contributed by atoms with Crippen LogP contribution in [0.3, 0.4) is 0 Å². The van der Waals surface area contributed by atoms with Gasteiger partial charge in [0, 0.05) is 5.69 Å². The maximum Gasteiger partial charge on any atom is 0.412 e. The van der Waals surface area contributed by atoms with Gasteiger partial charge in [-0.2, -0.15) is 4.72 Å². The van der Waals surface area contributed by atoms with E-state index in [0.29, 0.717) is 5.69 Å². The van der Waals surface area contributed by atoms with Gasteiger partial charge >= 0.3 is 6.09 Å². The maximum atomic E-state index is 11.8. The van der Waals surface area contributed by atoms with Crippen LogP contribution in [0.4, 0.5) is 10.5 Å². The fourth-order valence-corrected chi connectivity index (χ4v) is 2.29. The van der Waals surface area contributed by atoms with Crippen molar-refractivity contribution >= 4 is 21.8 Å². The predicted octanol–water partition coefficient (Wildman–Crippen LogP) is 1.95. The second kappa shape index (κ2) is 6.61. The lowest BCUT2D eigenvalue weighted by atomic mass is 10.2. The number of hydrogen-bond acceptors (Lipinski definition) is 4. The first kappa shape index (κ1) is 17.0. The molecule has 0 heterocycles. The van der Waals surface area contributed by atoms with E-state index < -0.39 is 21.7 Å². The Morgan fingerprint density at radius 2 is 1.86 bits per heavy atom. The molecule has 21 heavy (non-hydrogen) atoms. The zero-order chi connectivity index (χ0) is 16.1. The fraction of sp³-hybridized carbons (Fsp3) is 0.357. The van der Waals surface area contributed by atoms with Gasteiger partial charge in [-0.15, -0.1) is 6.42 Å². The monoisotopic (exact) mass is 310 g/mol. The Balaban J connectivity index is 2.75. The molecule has 0 aliphatic carbocycles. The summed E-state index contributed by atoms with van der Waals surface area (Å²) in [5.74, 6) is 2.19. The number of nitrogens with one attached hydrogen (secondary N) is 2. The number of rotatable bonds is 4. The van der Waals surface area contributed by atoms with Crippen molar-refractivity contribution in [1.82, 2.24) is 4.72 Å². The molecule has 0 aliphatic heterocycles. The molecule has 1 rings (SSSR count). The van der Waals surface area contributed by atoms with Crippen molar-refractivity contribution in [2.24, 2.45) is 0 Å². The zero-order valence-electron chi connectivity index (χ0n) is 12.1. The van der Waals surface area contributed by atoms with Gasteiger partial charge in [-0.3, -0.25) is 5.32 Å². The Hall–Kier alpha value is -2.04. The Morgan fingerprint density at radius 1 is 1.29 bits per heavy atom. The summed E-state index contributed by atoms with van der Waals surface area (Å²) >= 11 is 0. The lowest BCUT2D eigenvalue weighted by molar-refractivity contribution is 0.0636. The number of amides is 1. The molecule has 114 valence electrons. The SMILES string of the molecule is C#CCNS(=O)(=O)c1ccc(NC(=O)OC(C)(C)C)cc1. The van der Waals surface area contributed by atoms with E-state index >= 15 is 0 Å². The van der Waals surface area contributed by atoms with E-state index in [-0.39, 0.29) is 11.4 Å². The van der Waals surface area contributed by atoms with Crippen molar-refractivity contribution < 1.29 is 17.9 Å². The average Bonchev–Trinajstić information content (AvgIpc) is 2.34. The van der Waals surface area contributed by atoms with Crippen molar-refractivity contribution in [3.63, 3.8) is 0 Å². The van der Waals surface area contributed by atoms with Crippen LogP contribution < -0.4 is 10.0 Å². The van der Waals surface area contributed by atoms with E-state index in [0.717, 1.165) is 0 Å². The van der Waals surface area contributed by atoms with Gasteiger partial charge in [-0.25, -0.2) is 13.2 Å². The zero-order valence-corrected chi connectivity index (χ0v) is 13.0. The van der Waals surface area contributed by atoms with Gasteiger partial charge in [0.25, 0.3) is 0 Å². The standard InChI is InChI=1S/C14H18N2O4S/c1-5-10-15-21(18,19)12-8-6-11(7-9-12)16-13(17)20-14(2,3)4/h1,6-9,15H,10H2,2-4H3,(H,16,17). The van der Waals surface area contributed by atoms with Crippen LogP contribution in [0.2, 0.25) is 0 Å². The van der Waals surface area contributed by atoms with Crippen LogP contribution >= 0.6 is 0 Å². The largest absolute Gasteiger partial charge is 0.444 e. The molecule has 0 aromatic heterocycles. The number of ether oxygens (including phenoxy) is 1. The Kier molecular flexibility index (Phi) is 5.35. The normalized spacial score (nSPS) is 11.5. The minimum Gasteiger partial charge on any atom is -0.444 e. The quantitative estimate of drug-likeness (QED) is 0.832. The Bertz CT molecular complexity index is 637. The Morgan fingerprint density at radius 3 is 2.33 bits per heavy atom. The van der Waals surface area contributed by atoms with Crippen molar-refractivity contribution in [3.8, 4) is 12.3 Å². The molecular weight excluding hydrogens is 292 g/mol. The molecule has 1 aromatic rings. The summed E-state index contributed by atoms with van der Waals surface area (Å²) in [5.41, 5.74) is -0.174. The van der Waals surface area contributed by atoms with Crippen LogP contribution in [0.15, 0.2) is 29.2 Å². The molecule has 1 aromatic carbocycles. The molecule has 0 spiro atoms. The van der Waals surface area contributed by atoms with E-state index in [1.807, 2.05) is 0 Å². The molecule has 0 saturated heterocycles. The molecule has 0 bridgehead atoms. The van der Waals surface area contributed by atoms with Crippen LogP contribution in [0.5, 0.6) is 0 Å². The summed E-state index contributed by atoms with van der Waals surface area (Å²) in [5, 5.41) is 2.51. The van der Waals surface area contributed by atoms with Crippen molar-refractivity contribution in [3.05, 3.63) is 24.3 Å². The van der Waals surface area contributed by atoms with Crippen LogP contribution in [-0.2, 0) is 14.8 Å². The van der Waals surface area contributed by atoms with Gasteiger partial charge in [0.2, 0.25) is 10.0 Å². The molecule has 6 nitrogen and oxygen atoms in total. The van der Waals surface area contributed by atoms with Gasteiger partial charge in [0.15, 0.2) is 0 Å². The first-order chi connectivity index (χ1) is 9.64. The summed E-state index contributed by atoms with van der Waals surface area (Å²) in [6, 6.07) is 5.67. The lowest BCUT2D eigenvalue weighted by Gasteiger charge is -2.19. The third kappa shape index (κ3) is 5.85. The maximum absolute atomic E-state index is 11.8. The summed E-state index contributed by atoms with van der Waals surface area (Å²) < 4.78 is 30.9. The van der Waals surface area contributed by atoms with Gasteiger partial charge in [-0.1, -0.05) is 5.92 Å². The highest BCUT2D eigenvalue weighted by Crippen LogP contribution is 2.15. The highest BCUT2D eigenvalue weighted by atomic mass is 32.2. The van der Waals surface area contributed by atoms with E-state index in [9.17, 15) is 13.2 Å². The number of terminal acetylenes is 1. The number of anilines is 1. The number of carbonyl (C=O) groups excluding carboxylic acids is 1. The van der Waals surface area contributed by atoms with E-state index in [1.165, 1.54) is 24.3 Å². The summed E-state index contributed by atoms with van der Waals surface area (Å²) in [6.45, 7) is 5.17. The number of benzene rings is 1. The molecule has 0 atom stereocenters. The van der Waals surface area contributed by atoms with Crippen LogP contribution in [0.1, 0.15) is 20.8 Å². The smallest absolute Gasteiger partial charge is 0.412 e. The van der Waals surface area contributed by atoms with E-state index in [2.05, 4.69) is 16.0 Å². The first-order valence-corrected chi connectivity index (χ1v) is 7.65. The minimum atomic E-state index is -3.63. The van der Waals surface area contributed by atoms with Crippen molar-refractivity contribution in [1.29, 1.82) is 0 Å². The molecule has 0 fully saturated rings. The van der Waals surface area contributed by atoms with E-state index in [4.69, 9.17) is 11.2 Å². The Labute approximate surface area is 124 Å². The molecule has 2 N–H and O–H groups in total. The predicted molar refractivity (Wildman–Crippen MR) is 80.3 cm³/mol. The van der Waals surface area contributed by atoms with Crippen LogP contribution in [0, 0.1) is 12.3 Å². The van der Waals surface area contributed by atoms with Crippen LogP contribution in [-0.4, -0.2) is 26.7 Å². The second-order valence-electron chi connectivity index (χ2n) is 5.18. The molecule has 1 amide bonds. The fourth-order valence-electron chi connectivity index (χ4n) is 1.36. The average molecular weight is 310 g/mol. The number of carbonyl (C=O) groups is 1. The number of sulfonamides is 1. The lowest BCUT2D eigenvalue weighted by Crippen LogP contribution is -2.27. The second-order valence-corrected chi connectivity index (χ2v) is 6.95. The van der Waals surface area contributed by atoms with Gasteiger partial charge in [0.05, 0.1) is 11.4 Å². The number of hydrogen-bond donors (Lipinski definition) is 2. The van der Waals surface area contributed by atoms with E-state index in [1.54, 1.807) is 20.8 Å². The third-order valence-corrected chi connectivity index (χ3v) is 3.59. The summed E-state index contributed by atoms with van der Waals surface area (Å²) in [4.78, 5) is 11.6. The summed E-state index contributed by atoms with van der Waals surface area (Å²) in [6.07, 6.45) is 4.40. The highest BCUT2D eigenvalue weighted by Gasteiger charge is 2.17. The highest BCUT2D eigenvalue weighted by molar-refractivity contribution is 7.89.